The standard InChI is InChI=1S/C17H28N2O/c1-3-15-8-11-19(12-9-15)17-6-4-16(5-7-17)14-18-10-13-20-2/h4-7,15,18H,3,8-14H2,1-2H3. The number of nitrogens with zero attached hydrogens (tertiary/aromatic N) is 1. The average molecular weight is 276 g/mol. The monoisotopic (exact) mass is 276 g/mol. The summed E-state index contributed by atoms with van der Waals surface area (Å²) < 4.78 is 5.03. The third kappa shape index (κ3) is 4.50. The summed E-state index contributed by atoms with van der Waals surface area (Å²) in [7, 11) is 1.73. The molecule has 1 aromatic carbocycles. The van der Waals surface area contributed by atoms with Gasteiger partial charge in [0.25, 0.3) is 0 Å². The largest absolute Gasteiger partial charge is 0.383 e. The molecule has 112 valence electrons. The van der Waals surface area contributed by atoms with Gasteiger partial charge in [0.05, 0.1) is 6.61 Å². The lowest BCUT2D eigenvalue weighted by atomic mass is 9.94. The van der Waals surface area contributed by atoms with Gasteiger partial charge in [0.2, 0.25) is 0 Å². The summed E-state index contributed by atoms with van der Waals surface area (Å²) in [5.41, 5.74) is 2.72. The van der Waals surface area contributed by atoms with Gasteiger partial charge in [-0.15, -0.1) is 0 Å². The maximum absolute atomic E-state index is 5.03. The second kappa shape index (κ2) is 8.28. The van der Waals surface area contributed by atoms with Crippen LogP contribution in [-0.4, -0.2) is 33.4 Å². The SMILES string of the molecule is CCC1CCN(c2ccc(CNCCOC)cc2)CC1. The van der Waals surface area contributed by atoms with E-state index in [4.69, 9.17) is 4.74 Å². The van der Waals surface area contributed by atoms with Gasteiger partial charge in [-0.2, -0.15) is 0 Å². The van der Waals surface area contributed by atoms with E-state index in [9.17, 15) is 0 Å². The van der Waals surface area contributed by atoms with E-state index in [2.05, 4.69) is 41.4 Å². The number of hydrogen-bond donors (Lipinski definition) is 1. The highest BCUT2D eigenvalue weighted by molar-refractivity contribution is 5.47. The minimum absolute atomic E-state index is 0.768. The Bertz CT molecular complexity index is 369. The second-order valence-corrected chi connectivity index (χ2v) is 5.67. The Balaban J connectivity index is 1.79. The molecule has 2 rings (SSSR count). The maximum atomic E-state index is 5.03. The molecule has 20 heavy (non-hydrogen) atoms. The summed E-state index contributed by atoms with van der Waals surface area (Å²) >= 11 is 0. The average Bonchev–Trinajstić information content (AvgIpc) is 2.52. The van der Waals surface area contributed by atoms with Crippen LogP contribution in [0.25, 0.3) is 0 Å². The molecule has 0 radical (unpaired) electrons. The molecule has 1 aliphatic rings. The maximum Gasteiger partial charge on any atom is 0.0587 e. The minimum Gasteiger partial charge on any atom is -0.383 e. The van der Waals surface area contributed by atoms with Crippen LogP contribution in [-0.2, 0) is 11.3 Å². The van der Waals surface area contributed by atoms with Crippen molar-refractivity contribution in [2.75, 3.05) is 38.3 Å². The highest BCUT2D eigenvalue weighted by Gasteiger charge is 2.17. The van der Waals surface area contributed by atoms with Gasteiger partial charge in [0.15, 0.2) is 0 Å². The fourth-order valence-electron chi connectivity index (χ4n) is 2.83. The van der Waals surface area contributed by atoms with Crippen molar-refractivity contribution in [3.05, 3.63) is 29.8 Å². The summed E-state index contributed by atoms with van der Waals surface area (Å²) in [5.74, 6) is 0.940. The number of methoxy groups -OCH3 is 1. The molecule has 3 heteroatoms. The summed E-state index contributed by atoms with van der Waals surface area (Å²) in [6.45, 7) is 7.33. The van der Waals surface area contributed by atoms with Crippen molar-refractivity contribution in [2.45, 2.75) is 32.7 Å². The third-order valence-electron chi connectivity index (χ3n) is 4.31. The van der Waals surface area contributed by atoms with E-state index in [-0.39, 0.29) is 0 Å². The molecule has 0 atom stereocenters. The quantitative estimate of drug-likeness (QED) is 0.775. The molecule has 0 amide bonds. The molecular weight excluding hydrogens is 248 g/mol. The van der Waals surface area contributed by atoms with Crippen LogP contribution in [0.3, 0.4) is 0 Å². The van der Waals surface area contributed by atoms with E-state index < -0.39 is 0 Å². The molecule has 1 aromatic rings. The molecule has 0 aromatic heterocycles. The van der Waals surface area contributed by atoms with Crippen molar-refractivity contribution in [3.63, 3.8) is 0 Å². The van der Waals surface area contributed by atoms with Crippen LogP contribution < -0.4 is 10.2 Å². The number of rotatable bonds is 7. The van der Waals surface area contributed by atoms with Crippen molar-refractivity contribution >= 4 is 5.69 Å². The normalized spacial score (nSPS) is 16.6. The Morgan fingerprint density at radius 1 is 1.20 bits per heavy atom. The van der Waals surface area contributed by atoms with Crippen LogP contribution in [0.5, 0.6) is 0 Å². The van der Waals surface area contributed by atoms with Crippen molar-refractivity contribution in [3.8, 4) is 0 Å². The minimum atomic E-state index is 0.768. The first-order valence-corrected chi connectivity index (χ1v) is 7.87. The van der Waals surface area contributed by atoms with Gasteiger partial charge in [0.1, 0.15) is 0 Å². The highest BCUT2D eigenvalue weighted by Crippen LogP contribution is 2.25. The zero-order valence-corrected chi connectivity index (χ0v) is 12.9. The predicted octanol–water partition coefficient (Wildman–Crippen LogP) is 3.05. The fourth-order valence-corrected chi connectivity index (χ4v) is 2.83. The summed E-state index contributed by atoms with van der Waals surface area (Å²) in [4.78, 5) is 2.52. The lowest BCUT2D eigenvalue weighted by Gasteiger charge is -2.33. The molecule has 0 bridgehead atoms. The lowest BCUT2D eigenvalue weighted by molar-refractivity contribution is 0.199. The topological polar surface area (TPSA) is 24.5 Å². The first kappa shape index (κ1) is 15.3. The van der Waals surface area contributed by atoms with Gasteiger partial charge in [-0.05, 0) is 36.5 Å². The number of hydrogen-bond acceptors (Lipinski definition) is 3. The molecule has 1 aliphatic heterocycles. The number of ether oxygens (including phenoxy) is 1. The Morgan fingerprint density at radius 2 is 1.90 bits per heavy atom. The van der Waals surface area contributed by atoms with Gasteiger partial charge in [-0.1, -0.05) is 25.5 Å². The molecule has 0 unspecified atom stereocenters. The molecule has 3 nitrogen and oxygen atoms in total. The second-order valence-electron chi connectivity index (χ2n) is 5.67. The molecule has 0 spiro atoms. The van der Waals surface area contributed by atoms with E-state index in [0.29, 0.717) is 0 Å². The van der Waals surface area contributed by atoms with Gasteiger partial charge < -0.3 is 15.0 Å². The lowest BCUT2D eigenvalue weighted by Crippen LogP contribution is -2.33. The third-order valence-corrected chi connectivity index (χ3v) is 4.31. The number of benzene rings is 1. The molecule has 1 heterocycles. The van der Waals surface area contributed by atoms with Crippen molar-refractivity contribution < 1.29 is 4.74 Å². The van der Waals surface area contributed by atoms with Crippen LogP contribution in [0.4, 0.5) is 5.69 Å². The van der Waals surface area contributed by atoms with Crippen LogP contribution in [0, 0.1) is 5.92 Å². The van der Waals surface area contributed by atoms with Gasteiger partial charge in [-0.3, -0.25) is 0 Å². The summed E-state index contributed by atoms with van der Waals surface area (Å²) in [5, 5.41) is 3.38. The van der Waals surface area contributed by atoms with E-state index in [1.807, 2.05) is 0 Å². The van der Waals surface area contributed by atoms with Crippen LogP contribution in [0.2, 0.25) is 0 Å². The van der Waals surface area contributed by atoms with Crippen LogP contribution in [0.1, 0.15) is 31.7 Å². The first-order chi connectivity index (χ1) is 9.83. The van der Waals surface area contributed by atoms with E-state index in [0.717, 1.165) is 25.6 Å². The van der Waals surface area contributed by atoms with E-state index in [1.165, 1.54) is 43.6 Å². The van der Waals surface area contributed by atoms with Crippen LogP contribution >= 0.6 is 0 Å². The Labute approximate surface area is 123 Å². The molecule has 1 fully saturated rings. The summed E-state index contributed by atoms with van der Waals surface area (Å²) in [6.07, 6.45) is 4.02. The smallest absolute Gasteiger partial charge is 0.0587 e. The number of nitrogens with one attached hydrogen (secondary N) is 1. The molecule has 0 saturated carbocycles. The number of anilines is 1. The predicted molar refractivity (Wildman–Crippen MR) is 85.3 cm³/mol. The molecule has 1 N–H and O–H groups in total. The Hall–Kier alpha value is -1.06. The fraction of sp³-hybridized carbons (Fsp3) is 0.647. The highest BCUT2D eigenvalue weighted by atomic mass is 16.5. The van der Waals surface area contributed by atoms with Gasteiger partial charge >= 0.3 is 0 Å². The first-order valence-electron chi connectivity index (χ1n) is 7.87. The van der Waals surface area contributed by atoms with Crippen molar-refractivity contribution in [2.24, 2.45) is 5.92 Å². The van der Waals surface area contributed by atoms with Gasteiger partial charge in [0, 0.05) is 39.0 Å². The van der Waals surface area contributed by atoms with Crippen molar-refractivity contribution in [1.82, 2.24) is 5.32 Å². The van der Waals surface area contributed by atoms with Crippen LogP contribution in [0.15, 0.2) is 24.3 Å². The van der Waals surface area contributed by atoms with Crippen molar-refractivity contribution in [1.29, 1.82) is 0 Å². The zero-order chi connectivity index (χ0) is 14.2. The van der Waals surface area contributed by atoms with E-state index in [1.54, 1.807) is 7.11 Å². The number of piperidine rings is 1. The Morgan fingerprint density at radius 3 is 2.50 bits per heavy atom. The zero-order valence-electron chi connectivity index (χ0n) is 12.9. The van der Waals surface area contributed by atoms with Gasteiger partial charge in [-0.25, -0.2) is 0 Å². The molecule has 0 aliphatic carbocycles. The van der Waals surface area contributed by atoms with E-state index >= 15 is 0 Å². The molecular formula is C17H28N2O. The summed E-state index contributed by atoms with van der Waals surface area (Å²) in [6, 6.07) is 9.00. The molecule has 1 saturated heterocycles. The Kier molecular flexibility index (Phi) is 6.34.